The number of carbonyl (C=O) groups is 2. The smallest absolute Gasteiger partial charge is 0.370 e. The van der Waals surface area contributed by atoms with Crippen molar-refractivity contribution in [1.29, 1.82) is 0 Å². The third-order valence-corrected chi connectivity index (χ3v) is 8.56. The molecule has 6 rings (SSSR count). The van der Waals surface area contributed by atoms with Crippen LogP contribution < -0.4 is 29.6 Å². The van der Waals surface area contributed by atoms with Gasteiger partial charge in [0.15, 0.2) is 36.1 Å². The lowest BCUT2D eigenvalue weighted by Crippen LogP contribution is -2.34. The van der Waals surface area contributed by atoms with Gasteiger partial charge in [0.05, 0.1) is 38.8 Å². The van der Waals surface area contributed by atoms with Crippen LogP contribution in [0.2, 0.25) is 0 Å². The molecule has 0 unspecified atom stereocenters. The molecule has 4 heterocycles. The predicted molar refractivity (Wildman–Crippen MR) is 167 cm³/mol. The quantitative estimate of drug-likeness (QED) is 0.180. The molecule has 45 heavy (non-hydrogen) atoms. The lowest BCUT2D eigenvalue weighted by atomic mass is 10.1. The van der Waals surface area contributed by atoms with Crippen LogP contribution in [0.25, 0.3) is 0 Å². The van der Waals surface area contributed by atoms with Gasteiger partial charge in [-0.15, -0.1) is 0 Å². The van der Waals surface area contributed by atoms with Gasteiger partial charge in [-0.3, -0.25) is 9.59 Å². The van der Waals surface area contributed by atoms with E-state index in [1.165, 1.54) is 14.2 Å². The van der Waals surface area contributed by atoms with Crippen LogP contribution in [-0.4, -0.2) is 95.6 Å². The van der Waals surface area contributed by atoms with E-state index in [0.29, 0.717) is 84.6 Å². The van der Waals surface area contributed by atoms with E-state index < -0.39 is 12.1 Å². The Morgan fingerprint density at radius 3 is 1.53 bits per heavy atom. The molecule has 2 aromatic carbocycles. The highest BCUT2D eigenvalue weighted by molar-refractivity contribution is 6.06. The summed E-state index contributed by atoms with van der Waals surface area (Å²) in [5.41, 5.74) is 3.64. The summed E-state index contributed by atoms with van der Waals surface area (Å²) in [6.45, 7) is 9.58. The molecule has 2 fully saturated rings. The Morgan fingerprint density at radius 2 is 1.13 bits per heavy atom. The summed E-state index contributed by atoms with van der Waals surface area (Å²) in [7, 11) is 3.06. The maximum Gasteiger partial charge on any atom is 0.370 e. The Balaban J connectivity index is 1.05. The third-order valence-electron chi connectivity index (χ3n) is 8.56. The minimum Gasteiger partial charge on any atom is -0.493 e. The van der Waals surface area contributed by atoms with Crippen LogP contribution in [0.15, 0.2) is 48.6 Å². The maximum atomic E-state index is 12.8. The monoisotopic (exact) mass is 618 g/mol. The second-order valence-corrected chi connectivity index (χ2v) is 11.7. The standard InChI is InChI=1S/C33H36N4O8/c1-18-10-24-30(38)34-22-14-28(26(42-3)12-20(22)32(40)36(24)16-18)44-8-6-5-7-9-45-29-15-23-21(13-27(29)43-4)33(41)37-17-19(2)11-25(37)31(39)35-23/h12-15,24-25H,1-2,5-11,16-17H2,3-4H3,(H2,34,35,38,39,40,41)/p+2/t24-,25-/m0/s1. The number of hydrogen-bond donors (Lipinski definition) is 4. The van der Waals surface area contributed by atoms with Gasteiger partial charge in [0.25, 0.3) is 11.8 Å². The second-order valence-electron chi connectivity index (χ2n) is 11.7. The van der Waals surface area contributed by atoms with Gasteiger partial charge in [0, 0.05) is 37.1 Å². The van der Waals surface area contributed by atoms with Gasteiger partial charge in [0.2, 0.25) is 12.1 Å². The second kappa shape index (κ2) is 12.2. The van der Waals surface area contributed by atoms with E-state index in [1.807, 2.05) is 0 Å². The molecule has 4 N–H and O–H groups in total. The number of rotatable bonds is 10. The lowest BCUT2D eigenvalue weighted by molar-refractivity contribution is -0.533. The SMILES string of the molecule is C=C1C[C@H]2C(=O)Nc3cc(OCCCCCOc4cc5c(cc4OC)C(O)=[N+]4CC(=C)C[C@H]4C(=O)N5)c(OC)cc3C(O)=[N+]2C1. The number of nitrogens with zero attached hydrogens (tertiary/aromatic N) is 2. The average Bonchev–Trinajstić information content (AvgIpc) is 3.58. The lowest BCUT2D eigenvalue weighted by Gasteiger charge is -2.15. The Bertz CT molecular complexity index is 1560. The molecule has 236 valence electrons. The molecule has 0 bridgehead atoms. The van der Waals surface area contributed by atoms with Crippen molar-refractivity contribution >= 4 is 35.0 Å². The topological polar surface area (TPSA) is 142 Å². The van der Waals surface area contributed by atoms with Gasteiger partial charge < -0.3 is 39.8 Å². The molecule has 2 amide bonds. The van der Waals surface area contributed by atoms with Crippen LogP contribution in [0, 0.1) is 0 Å². The first-order chi connectivity index (χ1) is 21.7. The molecule has 4 aliphatic heterocycles. The van der Waals surface area contributed by atoms with Crippen molar-refractivity contribution in [3.63, 3.8) is 0 Å². The molecule has 0 aromatic heterocycles. The number of anilines is 2. The normalized spacial score (nSPS) is 20.4. The Labute approximate surface area is 260 Å². The van der Waals surface area contributed by atoms with Crippen molar-refractivity contribution < 1.29 is 47.9 Å². The van der Waals surface area contributed by atoms with Crippen molar-refractivity contribution in [3.05, 3.63) is 59.7 Å². The van der Waals surface area contributed by atoms with Crippen LogP contribution in [0.5, 0.6) is 23.0 Å². The molecular weight excluding hydrogens is 580 g/mol. The number of hydrogen-bond acceptors (Lipinski definition) is 6. The van der Waals surface area contributed by atoms with Gasteiger partial charge in [-0.05, 0) is 30.4 Å². The van der Waals surface area contributed by atoms with E-state index in [9.17, 15) is 19.8 Å². The van der Waals surface area contributed by atoms with Gasteiger partial charge in [-0.1, -0.05) is 13.2 Å². The van der Waals surface area contributed by atoms with Gasteiger partial charge >= 0.3 is 11.8 Å². The number of carbonyl (C=O) groups excluding carboxylic acids is 2. The Morgan fingerprint density at radius 1 is 0.711 bits per heavy atom. The number of ether oxygens (including phenoxy) is 4. The largest absolute Gasteiger partial charge is 0.493 e. The molecular formula is C33H38N4O8+2. The highest BCUT2D eigenvalue weighted by Gasteiger charge is 2.44. The van der Waals surface area contributed by atoms with Crippen molar-refractivity contribution in [2.75, 3.05) is 51.2 Å². The average molecular weight is 619 g/mol. The maximum absolute atomic E-state index is 12.8. The van der Waals surface area contributed by atoms with Crippen LogP contribution >= 0.6 is 0 Å². The first kappa shape index (κ1) is 30.0. The zero-order chi connectivity index (χ0) is 31.8. The van der Waals surface area contributed by atoms with E-state index in [4.69, 9.17) is 18.9 Å². The first-order valence-corrected chi connectivity index (χ1v) is 15.0. The Kier molecular flexibility index (Phi) is 8.13. The van der Waals surface area contributed by atoms with Crippen molar-refractivity contribution in [1.82, 2.24) is 0 Å². The summed E-state index contributed by atoms with van der Waals surface area (Å²) in [5, 5.41) is 27.7. The number of benzene rings is 2. The van der Waals surface area contributed by atoms with Crippen molar-refractivity contribution in [3.8, 4) is 23.0 Å². The number of aliphatic hydroxyl groups is 2. The van der Waals surface area contributed by atoms with Gasteiger partial charge in [-0.25, -0.2) is 0 Å². The molecule has 2 atom stereocenters. The van der Waals surface area contributed by atoms with Crippen LogP contribution in [-0.2, 0) is 9.59 Å². The van der Waals surface area contributed by atoms with E-state index in [1.54, 1.807) is 33.4 Å². The number of nitrogens with one attached hydrogen (secondary N) is 2. The fraction of sp³-hybridized carbons (Fsp3) is 0.394. The summed E-state index contributed by atoms with van der Waals surface area (Å²) >= 11 is 0. The van der Waals surface area contributed by atoms with Crippen LogP contribution in [0.1, 0.15) is 43.2 Å². The van der Waals surface area contributed by atoms with Gasteiger partial charge in [0.1, 0.15) is 11.1 Å². The van der Waals surface area contributed by atoms with Crippen LogP contribution in [0.3, 0.4) is 0 Å². The van der Waals surface area contributed by atoms with E-state index in [-0.39, 0.29) is 23.6 Å². The summed E-state index contributed by atoms with van der Waals surface area (Å²) in [5.74, 6) is 1.44. The Hall–Kier alpha value is -5.00. The van der Waals surface area contributed by atoms with E-state index >= 15 is 0 Å². The fourth-order valence-electron chi connectivity index (χ4n) is 6.24. The number of amides is 2. The zero-order valence-corrected chi connectivity index (χ0v) is 25.5. The van der Waals surface area contributed by atoms with E-state index in [0.717, 1.165) is 30.4 Å². The van der Waals surface area contributed by atoms with Crippen molar-refractivity contribution in [2.45, 2.75) is 44.2 Å². The highest BCUT2D eigenvalue weighted by atomic mass is 16.5. The summed E-state index contributed by atoms with van der Waals surface area (Å²) < 4.78 is 26.4. The van der Waals surface area contributed by atoms with Crippen molar-refractivity contribution in [2.24, 2.45) is 0 Å². The highest BCUT2D eigenvalue weighted by Crippen LogP contribution is 2.38. The number of fused-ring (bicyclic) bond motifs is 4. The molecule has 0 aliphatic carbocycles. The molecule has 2 aromatic rings. The third kappa shape index (κ3) is 5.67. The molecule has 0 spiro atoms. The molecule has 2 saturated heterocycles. The van der Waals surface area contributed by atoms with E-state index in [2.05, 4.69) is 23.8 Å². The summed E-state index contributed by atoms with van der Waals surface area (Å²) in [4.78, 5) is 25.7. The first-order valence-electron chi connectivity index (χ1n) is 15.0. The molecule has 0 saturated carbocycles. The molecule has 4 aliphatic rings. The number of aliphatic hydroxyl groups excluding tert-OH is 2. The minimum atomic E-state index is -0.504. The zero-order valence-electron chi connectivity index (χ0n) is 25.5. The molecule has 12 nitrogen and oxygen atoms in total. The fourth-order valence-corrected chi connectivity index (χ4v) is 6.24. The van der Waals surface area contributed by atoms with Gasteiger partial charge in [-0.2, -0.15) is 9.15 Å². The summed E-state index contributed by atoms with van der Waals surface area (Å²) in [6, 6.07) is 5.70. The predicted octanol–water partition coefficient (Wildman–Crippen LogP) is 3.53. The molecule has 12 heteroatoms. The molecule has 0 radical (unpaired) electrons. The minimum absolute atomic E-state index is 0.00639. The summed E-state index contributed by atoms with van der Waals surface area (Å²) in [6.07, 6.45) is 3.24. The number of unbranched alkanes of at least 4 members (excludes halogenated alkanes) is 2. The van der Waals surface area contributed by atoms with Crippen LogP contribution in [0.4, 0.5) is 11.4 Å². The number of methoxy groups -OCH3 is 2.